The molecule has 96 valence electrons. The highest BCUT2D eigenvalue weighted by Gasteiger charge is 2.17. The van der Waals surface area contributed by atoms with Gasteiger partial charge in [-0.3, -0.25) is 0 Å². The fourth-order valence-electron chi connectivity index (χ4n) is 1.52. The van der Waals surface area contributed by atoms with E-state index in [9.17, 15) is 4.79 Å². The fraction of sp³-hybridized carbons (Fsp3) is 0.154. The van der Waals surface area contributed by atoms with Crippen LogP contribution in [0.3, 0.4) is 0 Å². The Morgan fingerprint density at radius 2 is 2.32 bits per heavy atom. The van der Waals surface area contributed by atoms with Crippen molar-refractivity contribution in [3.05, 3.63) is 41.3 Å². The summed E-state index contributed by atoms with van der Waals surface area (Å²) in [5.74, 6) is -0.523. The molecule has 0 saturated heterocycles. The molecule has 1 aromatic carbocycles. The van der Waals surface area contributed by atoms with Gasteiger partial charge in [0.15, 0.2) is 0 Å². The number of nitrogens with one attached hydrogen (secondary N) is 1. The van der Waals surface area contributed by atoms with Gasteiger partial charge in [-0.2, -0.15) is 10.2 Å². The van der Waals surface area contributed by atoms with Crippen molar-refractivity contribution in [1.82, 2.24) is 4.98 Å². The Morgan fingerprint density at radius 1 is 1.53 bits per heavy atom. The molecule has 2 aromatic rings. The predicted octanol–water partition coefficient (Wildman–Crippen LogP) is 2.38. The molecular weight excluding hydrogens is 246 g/mol. The number of ether oxygens (including phenoxy) is 1. The highest BCUT2D eigenvalue weighted by atomic mass is 16.5. The third kappa shape index (κ3) is 2.72. The summed E-state index contributed by atoms with van der Waals surface area (Å²) in [4.78, 5) is 15.4. The quantitative estimate of drug-likeness (QED) is 0.849. The topological polar surface area (TPSA) is 88.1 Å². The zero-order valence-corrected chi connectivity index (χ0v) is 10.4. The third-order valence-corrected chi connectivity index (χ3v) is 2.41. The van der Waals surface area contributed by atoms with E-state index < -0.39 is 5.97 Å². The molecule has 0 saturated carbocycles. The Hall–Kier alpha value is -2.81. The number of oxazole rings is 1. The molecule has 2 rings (SSSR count). The van der Waals surface area contributed by atoms with Gasteiger partial charge in [-0.25, -0.2) is 4.79 Å². The number of nitriles is 1. The maximum Gasteiger partial charge on any atom is 0.376 e. The third-order valence-electron chi connectivity index (χ3n) is 2.41. The van der Waals surface area contributed by atoms with Crippen molar-refractivity contribution in [2.45, 2.75) is 6.92 Å². The number of rotatable bonds is 3. The minimum Gasteiger partial charge on any atom is -0.463 e. The largest absolute Gasteiger partial charge is 0.463 e. The minimum absolute atomic E-state index is 0.0569. The Labute approximate surface area is 109 Å². The van der Waals surface area contributed by atoms with Crippen molar-refractivity contribution in [3.63, 3.8) is 0 Å². The van der Waals surface area contributed by atoms with Crippen LogP contribution in [0.15, 0.2) is 28.7 Å². The molecule has 0 fully saturated rings. The van der Waals surface area contributed by atoms with E-state index in [1.807, 2.05) is 6.07 Å². The van der Waals surface area contributed by atoms with Gasteiger partial charge in [0.05, 0.1) is 24.4 Å². The van der Waals surface area contributed by atoms with Crippen LogP contribution in [0.2, 0.25) is 0 Å². The van der Waals surface area contributed by atoms with Crippen LogP contribution in [0.25, 0.3) is 0 Å². The van der Waals surface area contributed by atoms with Gasteiger partial charge >= 0.3 is 5.97 Å². The van der Waals surface area contributed by atoms with E-state index in [1.165, 1.54) is 7.11 Å². The molecule has 0 bridgehead atoms. The molecule has 0 spiro atoms. The number of carbonyl (C=O) groups is 1. The molecule has 0 radical (unpaired) electrons. The normalized spacial score (nSPS) is 9.74. The Morgan fingerprint density at radius 3 is 3.00 bits per heavy atom. The maximum absolute atomic E-state index is 11.4. The van der Waals surface area contributed by atoms with E-state index >= 15 is 0 Å². The summed E-state index contributed by atoms with van der Waals surface area (Å²) >= 11 is 0. The molecule has 0 unspecified atom stereocenters. The monoisotopic (exact) mass is 257 g/mol. The van der Waals surface area contributed by atoms with Crippen LogP contribution in [0, 0.1) is 18.3 Å². The summed E-state index contributed by atoms with van der Waals surface area (Å²) in [7, 11) is 1.27. The molecule has 19 heavy (non-hydrogen) atoms. The number of benzene rings is 1. The summed E-state index contributed by atoms with van der Waals surface area (Å²) in [6.07, 6.45) is 0. The van der Waals surface area contributed by atoms with Crippen LogP contribution in [-0.4, -0.2) is 18.1 Å². The Kier molecular flexibility index (Phi) is 3.48. The lowest BCUT2D eigenvalue weighted by Gasteiger charge is -2.01. The predicted molar refractivity (Wildman–Crippen MR) is 67.0 cm³/mol. The van der Waals surface area contributed by atoms with Gasteiger partial charge in [-0.05, 0) is 25.1 Å². The summed E-state index contributed by atoms with van der Waals surface area (Å²) in [6, 6.07) is 9.04. The van der Waals surface area contributed by atoms with Crippen molar-refractivity contribution in [2.75, 3.05) is 12.4 Å². The van der Waals surface area contributed by atoms with Gasteiger partial charge in [-0.1, -0.05) is 6.07 Å². The lowest BCUT2D eigenvalue weighted by Crippen LogP contribution is -2.00. The second-order valence-corrected chi connectivity index (χ2v) is 3.74. The number of nitrogens with zero attached hydrogens (tertiary/aromatic N) is 2. The van der Waals surface area contributed by atoms with E-state index in [4.69, 9.17) is 9.68 Å². The van der Waals surface area contributed by atoms with Crippen LogP contribution in [0.1, 0.15) is 21.8 Å². The van der Waals surface area contributed by atoms with Crippen molar-refractivity contribution in [3.8, 4) is 6.07 Å². The first-order valence-electron chi connectivity index (χ1n) is 5.47. The Balaban J connectivity index is 2.24. The molecule has 0 amide bonds. The maximum atomic E-state index is 11.4. The zero-order valence-electron chi connectivity index (χ0n) is 10.4. The molecule has 0 aliphatic rings. The van der Waals surface area contributed by atoms with E-state index in [2.05, 4.69) is 15.0 Å². The molecule has 6 heteroatoms. The first-order chi connectivity index (χ1) is 9.13. The van der Waals surface area contributed by atoms with E-state index in [0.29, 0.717) is 16.9 Å². The fourth-order valence-corrected chi connectivity index (χ4v) is 1.52. The second kappa shape index (κ2) is 5.23. The SMILES string of the molecule is COC(=O)c1oc(Nc2cccc(C#N)c2)nc1C. The van der Waals surface area contributed by atoms with Gasteiger partial charge in [-0.15, -0.1) is 0 Å². The van der Waals surface area contributed by atoms with Crippen LogP contribution in [0.4, 0.5) is 11.7 Å². The van der Waals surface area contributed by atoms with Crippen molar-refractivity contribution in [1.29, 1.82) is 5.26 Å². The standard InChI is InChI=1S/C13H11N3O3/c1-8-11(12(17)18-2)19-13(15-8)16-10-5-3-4-9(6-10)7-14/h3-6H,1-2H3,(H,15,16). The average Bonchev–Trinajstić information content (AvgIpc) is 2.79. The molecule has 0 aliphatic heterocycles. The minimum atomic E-state index is -0.580. The van der Waals surface area contributed by atoms with Gasteiger partial charge in [0, 0.05) is 5.69 Å². The molecular formula is C13H11N3O3. The summed E-state index contributed by atoms with van der Waals surface area (Å²) in [5, 5.41) is 11.7. The van der Waals surface area contributed by atoms with Gasteiger partial charge in [0.25, 0.3) is 6.01 Å². The highest BCUT2D eigenvalue weighted by molar-refractivity contribution is 5.87. The van der Waals surface area contributed by atoms with E-state index in [-0.39, 0.29) is 11.8 Å². The summed E-state index contributed by atoms with van der Waals surface area (Å²) < 4.78 is 9.84. The van der Waals surface area contributed by atoms with E-state index in [1.54, 1.807) is 31.2 Å². The number of hydrogen-bond acceptors (Lipinski definition) is 6. The van der Waals surface area contributed by atoms with Crippen LogP contribution in [0.5, 0.6) is 0 Å². The number of esters is 1. The zero-order chi connectivity index (χ0) is 13.8. The first kappa shape index (κ1) is 12.6. The number of anilines is 2. The van der Waals surface area contributed by atoms with Gasteiger partial charge in [0.1, 0.15) is 0 Å². The molecule has 6 nitrogen and oxygen atoms in total. The van der Waals surface area contributed by atoms with Crippen molar-refractivity contribution in [2.24, 2.45) is 0 Å². The van der Waals surface area contributed by atoms with Gasteiger partial charge in [0.2, 0.25) is 5.76 Å². The summed E-state index contributed by atoms with van der Waals surface area (Å²) in [6.45, 7) is 1.65. The lowest BCUT2D eigenvalue weighted by atomic mass is 10.2. The first-order valence-corrected chi connectivity index (χ1v) is 5.47. The van der Waals surface area contributed by atoms with Gasteiger partial charge < -0.3 is 14.5 Å². The molecule has 1 N–H and O–H groups in total. The molecule has 1 aromatic heterocycles. The van der Waals surface area contributed by atoms with E-state index in [0.717, 1.165) is 0 Å². The lowest BCUT2D eigenvalue weighted by molar-refractivity contribution is 0.0565. The van der Waals surface area contributed by atoms with Crippen molar-refractivity contribution < 1.29 is 13.9 Å². The number of aromatic nitrogens is 1. The molecule has 0 aliphatic carbocycles. The number of carbonyl (C=O) groups excluding carboxylic acids is 1. The second-order valence-electron chi connectivity index (χ2n) is 3.74. The van der Waals surface area contributed by atoms with Crippen LogP contribution < -0.4 is 5.32 Å². The van der Waals surface area contributed by atoms with Crippen LogP contribution >= 0.6 is 0 Å². The van der Waals surface area contributed by atoms with Crippen LogP contribution in [-0.2, 0) is 4.74 Å². The number of hydrogen-bond donors (Lipinski definition) is 1. The summed E-state index contributed by atoms with van der Waals surface area (Å²) in [5.41, 5.74) is 1.60. The highest BCUT2D eigenvalue weighted by Crippen LogP contribution is 2.20. The molecule has 1 heterocycles. The Bertz CT molecular complexity index is 655. The average molecular weight is 257 g/mol. The molecule has 0 atom stereocenters. The smallest absolute Gasteiger partial charge is 0.376 e. The van der Waals surface area contributed by atoms with Crippen molar-refractivity contribution >= 4 is 17.7 Å². The number of aryl methyl sites for hydroxylation is 1. The number of methoxy groups -OCH3 is 1.